The first-order valence-electron chi connectivity index (χ1n) is 9.23. The standard InChI is InChI=1S/C22H27NO4/c1-14-10-15(2)12-17(11-14)21(23-9-5-6-18(23)22(24)25)16-7-8-19(26-3)20(13-16)27-4/h7-8,10-13,18,21H,5-6,9H2,1-4H3,(H,24,25). The molecule has 1 aliphatic heterocycles. The lowest BCUT2D eigenvalue weighted by Gasteiger charge is -2.32. The maximum atomic E-state index is 11.9. The molecular weight excluding hydrogens is 342 g/mol. The number of carboxylic acids is 1. The molecule has 1 aliphatic rings. The number of likely N-dealkylation sites (tertiary alicyclic amines) is 1. The van der Waals surface area contributed by atoms with Crippen molar-refractivity contribution in [1.82, 2.24) is 4.90 Å². The topological polar surface area (TPSA) is 59.0 Å². The highest BCUT2D eigenvalue weighted by molar-refractivity contribution is 5.74. The third-order valence-electron chi connectivity index (χ3n) is 5.19. The Kier molecular flexibility index (Phi) is 5.71. The Morgan fingerprint density at radius 3 is 2.30 bits per heavy atom. The Labute approximate surface area is 160 Å². The summed E-state index contributed by atoms with van der Waals surface area (Å²) >= 11 is 0. The van der Waals surface area contributed by atoms with E-state index in [1.165, 1.54) is 11.1 Å². The summed E-state index contributed by atoms with van der Waals surface area (Å²) in [4.78, 5) is 13.9. The van der Waals surface area contributed by atoms with Gasteiger partial charge in [0.15, 0.2) is 11.5 Å². The van der Waals surface area contributed by atoms with Crippen LogP contribution >= 0.6 is 0 Å². The second-order valence-corrected chi connectivity index (χ2v) is 7.17. The summed E-state index contributed by atoms with van der Waals surface area (Å²) in [5, 5.41) is 9.73. The molecule has 0 spiro atoms. The minimum atomic E-state index is -0.762. The van der Waals surface area contributed by atoms with Crippen molar-refractivity contribution in [3.63, 3.8) is 0 Å². The van der Waals surface area contributed by atoms with Gasteiger partial charge in [0, 0.05) is 6.54 Å². The van der Waals surface area contributed by atoms with E-state index < -0.39 is 12.0 Å². The number of hydrogen-bond donors (Lipinski definition) is 1. The van der Waals surface area contributed by atoms with Crippen molar-refractivity contribution in [1.29, 1.82) is 0 Å². The predicted octanol–water partition coefficient (Wildman–Crippen LogP) is 3.96. The fraction of sp³-hybridized carbons (Fsp3) is 0.409. The van der Waals surface area contributed by atoms with Gasteiger partial charge in [0.25, 0.3) is 0 Å². The lowest BCUT2D eigenvalue weighted by molar-refractivity contribution is -0.142. The lowest BCUT2D eigenvalue weighted by Crippen LogP contribution is -2.39. The van der Waals surface area contributed by atoms with E-state index >= 15 is 0 Å². The van der Waals surface area contributed by atoms with Crippen LogP contribution in [0.1, 0.15) is 41.1 Å². The first kappa shape index (κ1) is 19.2. The average molecular weight is 369 g/mol. The third kappa shape index (κ3) is 3.93. The molecule has 1 fully saturated rings. The molecule has 1 saturated heterocycles. The fourth-order valence-electron chi connectivity index (χ4n) is 4.13. The van der Waals surface area contributed by atoms with Crippen molar-refractivity contribution < 1.29 is 19.4 Å². The number of ether oxygens (including phenoxy) is 2. The molecule has 0 bridgehead atoms. The Bertz CT molecular complexity index is 813. The van der Waals surface area contributed by atoms with Gasteiger partial charge in [-0.2, -0.15) is 0 Å². The summed E-state index contributed by atoms with van der Waals surface area (Å²) < 4.78 is 10.9. The molecule has 1 N–H and O–H groups in total. The first-order chi connectivity index (χ1) is 12.9. The highest BCUT2D eigenvalue weighted by Gasteiger charge is 2.37. The molecule has 1 heterocycles. The van der Waals surface area contributed by atoms with Crippen molar-refractivity contribution in [2.45, 2.75) is 38.8 Å². The van der Waals surface area contributed by atoms with Gasteiger partial charge in [-0.05, 0) is 49.9 Å². The van der Waals surface area contributed by atoms with Crippen LogP contribution in [0.4, 0.5) is 0 Å². The SMILES string of the molecule is COc1ccc(C(c2cc(C)cc(C)c2)N2CCCC2C(=O)O)cc1OC. The number of aryl methyl sites for hydroxylation is 2. The molecular formula is C22H27NO4. The van der Waals surface area contributed by atoms with Crippen LogP contribution in [0, 0.1) is 13.8 Å². The molecule has 144 valence electrons. The van der Waals surface area contributed by atoms with Crippen molar-refractivity contribution in [2.75, 3.05) is 20.8 Å². The van der Waals surface area contributed by atoms with Gasteiger partial charge < -0.3 is 14.6 Å². The number of carbonyl (C=O) groups is 1. The van der Waals surface area contributed by atoms with Crippen molar-refractivity contribution in [3.05, 3.63) is 58.7 Å². The summed E-state index contributed by atoms with van der Waals surface area (Å²) in [5.41, 5.74) is 4.45. The molecule has 2 aromatic rings. The summed E-state index contributed by atoms with van der Waals surface area (Å²) in [6, 6.07) is 11.6. The van der Waals surface area contributed by atoms with Gasteiger partial charge in [0.05, 0.1) is 20.3 Å². The Morgan fingerprint density at radius 1 is 1.04 bits per heavy atom. The molecule has 27 heavy (non-hydrogen) atoms. The van der Waals surface area contributed by atoms with E-state index in [0.29, 0.717) is 17.9 Å². The predicted molar refractivity (Wildman–Crippen MR) is 105 cm³/mol. The zero-order valence-electron chi connectivity index (χ0n) is 16.4. The van der Waals surface area contributed by atoms with E-state index in [0.717, 1.165) is 24.1 Å². The van der Waals surface area contributed by atoms with Gasteiger partial charge in [-0.3, -0.25) is 9.69 Å². The second-order valence-electron chi connectivity index (χ2n) is 7.17. The molecule has 2 aromatic carbocycles. The number of rotatable bonds is 6. The largest absolute Gasteiger partial charge is 0.493 e. The van der Waals surface area contributed by atoms with Crippen LogP contribution in [0.5, 0.6) is 11.5 Å². The number of nitrogens with zero attached hydrogens (tertiary/aromatic N) is 1. The molecule has 0 aliphatic carbocycles. The Hall–Kier alpha value is -2.53. The molecule has 0 radical (unpaired) electrons. The maximum Gasteiger partial charge on any atom is 0.320 e. The van der Waals surface area contributed by atoms with Crippen LogP contribution < -0.4 is 9.47 Å². The quantitative estimate of drug-likeness (QED) is 0.835. The molecule has 3 rings (SSSR count). The van der Waals surface area contributed by atoms with Crippen LogP contribution in [0.15, 0.2) is 36.4 Å². The monoisotopic (exact) mass is 369 g/mol. The smallest absolute Gasteiger partial charge is 0.320 e. The van der Waals surface area contributed by atoms with Crippen LogP contribution in [0.25, 0.3) is 0 Å². The Balaban J connectivity index is 2.14. The number of aliphatic carboxylic acids is 1. The van der Waals surface area contributed by atoms with Crippen LogP contribution in [-0.2, 0) is 4.79 Å². The van der Waals surface area contributed by atoms with Crippen molar-refractivity contribution in [3.8, 4) is 11.5 Å². The molecule has 5 heteroatoms. The number of methoxy groups -OCH3 is 2. The molecule has 2 unspecified atom stereocenters. The second kappa shape index (κ2) is 8.01. The number of hydrogen-bond acceptors (Lipinski definition) is 4. The van der Waals surface area contributed by atoms with E-state index in [2.05, 4.69) is 36.9 Å². The van der Waals surface area contributed by atoms with E-state index in [1.54, 1.807) is 14.2 Å². The maximum absolute atomic E-state index is 11.9. The van der Waals surface area contributed by atoms with Crippen molar-refractivity contribution >= 4 is 5.97 Å². The van der Waals surface area contributed by atoms with Gasteiger partial charge in [0.2, 0.25) is 0 Å². The summed E-state index contributed by atoms with van der Waals surface area (Å²) in [6.45, 7) is 4.89. The summed E-state index contributed by atoms with van der Waals surface area (Å²) in [6.07, 6.45) is 1.55. The summed E-state index contributed by atoms with van der Waals surface area (Å²) in [7, 11) is 3.23. The van der Waals surface area contributed by atoms with Gasteiger partial charge in [-0.15, -0.1) is 0 Å². The first-order valence-corrected chi connectivity index (χ1v) is 9.23. The molecule has 0 amide bonds. The molecule has 2 atom stereocenters. The average Bonchev–Trinajstić information content (AvgIpc) is 3.10. The molecule has 5 nitrogen and oxygen atoms in total. The normalized spacial score (nSPS) is 18.3. The molecule has 0 aromatic heterocycles. The van der Waals surface area contributed by atoms with Gasteiger partial charge in [0.1, 0.15) is 6.04 Å². The van der Waals surface area contributed by atoms with E-state index in [1.807, 2.05) is 18.2 Å². The van der Waals surface area contributed by atoms with E-state index in [-0.39, 0.29) is 6.04 Å². The van der Waals surface area contributed by atoms with E-state index in [9.17, 15) is 9.90 Å². The van der Waals surface area contributed by atoms with Gasteiger partial charge in [-0.1, -0.05) is 35.4 Å². The summed E-state index contributed by atoms with van der Waals surface area (Å²) in [5.74, 6) is 0.550. The zero-order valence-corrected chi connectivity index (χ0v) is 16.4. The highest BCUT2D eigenvalue weighted by atomic mass is 16.5. The van der Waals surface area contributed by atoms with Crippen LogP contribution in [0.3, 0.4) is 0 Å². The lowest BCUT2D eigenvalue weighted by atomic mass is 9.93. The zero-order chi connectivity index (χ0) is 19.6. The van der Waals surface area contributed by atoms with Gasteiger partial charge >= 0.3 is 5.97 Å². The Morgan fingerprint density at radius 2 is 1.70 bits per heavy atom. The van der Waals surface area contributed by atoms with E-state index in [4.69, 9.17) is 9.47 Å². The minimum Gasteiger partial charge on any atom is -0.493 e. The molecule has 0 saturated carbocycles. The number of benzene rings is 2. The number of carboxylic acid groups (broad SMARTS) is 1. The fourth-order valence-corrected chi connectivity index (χ4v) is 4.13. The van der Waals surface area contributed by atoms with Crippen LogP contribution in [-0.4, -0.2) is 42.8 Å². The highest BCUT2D eigenvalue weighted by Crippen LogP contribution is 2.39. The van der Waals surface area contributed by atoms with Crippen LogP contribution in [0.2, 0.25) is 0 Å². The van der Waals surface area contributed by atoms with Gasteiger partial charge in [-0.25, -0.2) is 0 Å². The minimum absolute atomic E-state index is 0.146. The third-order valence-corrected chi connectivity index (χ3v) is 5.19. The van der Waals surface area contributed by atoms with Crippen molar-refractivity contribution in [2.24, 2.45) is 0 Å².